The molecular formula is C17H20BrNO2. The van der Waals surface area contributed by atoms with Crippen LogP contribution >= 0.6 is 15.9 Å². The van der Waals surface area contributed by atoms with Crippen molar-refractivity contribution in [2.45, 2.75) is 19.9 Å². The van der Waals surface area contributed by atoms with Gasteiger partial charge in [-0.05, 0) is 42.3 Å². The summed E-state index contributed by atoms with van der Waals surface area (Å²) in [6.07, 6.45) is 0.988. The molecule has 1 N–H and O–H groups in total. The lowest BCUT2D eigenvalue weighted by molar-refractivity contribution is 0.391. The maximum absolute atomic E-state index is 5.42. The third-order valence-corrected chi connectivity index (χ3v) is 3.90. The first-order valence-corrected chi connectivity index (χ1v) is 7.70. The summed E-state index contributed by atoms with van der Waals surface area (Å²) in [7, 11) is 3.33. The van der Waals surface area contributed by atoms with Crippen LogP contribution in [0.2, 0.25) is 0 Å². The maximum Gasteiger partial charge on any atom is 0.127 e. The average Bonchev–Trinajstić information content (AvgIpc) is 2.53. The van der Waals surface area contributed by atoms with Gasteiger partial charge in [-0.25, -0.2) is 0 Å². The van der Waals surface area contributed by atoms with Gasteiger partial charge in [-0.3, -0.25) is 0 Å². The molecule has 0 bridgehead atoms. The second-order valence-electron chi connectivity index (χ2n) is 4.69. The molecule has 0 amide bonds. The number of anilines is 1. The molecule has 0 aromatic heterocycles. The molecule has 0 heterocycles. The van der Waals surface area contributed by atoms with Gasteiger partial charge in [0, 0.05) is 28.3 Å². The molecule has 0 aliphatic carbocycles. The molecule has 112 valence electrons. The summed E-state index contributed by atoms with van der Waals surface area (Å²) in [5.74, 6) is 1.63. The number of hydrogen-bond acceptors (Lipinski definition) is 3. The van der Waals surface area contributed by atoms with E-state index in [1.54, 1.807) is 14.2 Å². The summed E-state index contributed by atoms with van der Waals surface area (Å²) >= 11 is 3.51. The van der Waals surface area contributed by atoms with Gasteiger partial charge in [0.2, 0.25) is 0 Å². The molecule has 0 radical (unpaired) electrons. The minimum Gasteiger partial charge on any atom is -0.497 e. The standard InChI is InChI=1S/C17H20BrNO2/c1-4-12-9-14(18)6-8-16(12)19-11-13-5-7-15(20-2)10-17(13)21-3/h5-10,19H,4,11H2,1-3H3. The fourth-order valence-electron chi connectivity index (χ4n) is 2.22. The molecule has 0 atom stereocenters. The van der Waals surface area contributed by atoms with Crippen LogP contribution in [-0.2, 0) is 13.0 Å². The molecule has 0 aliphatic rings. The smallest absolute Gasteiger partial charge is 0.127 e. The van der Waals surface area contributed by atoms with Crippen molar-refractivity contribution in [3.05, 3.63) is 52.0 Å². The number of halogens is 1. The SMILES string of the molecule is CCc1cc(Br)ccc1NCc1ccc(OC)cc1OC. The maximum atomic E-state index is 5.42. The van der Waals surface area contributed by atoms with Crippen LogP contribution in [0.15, 0.2) is 40.9 Å². The van der Waals surface area contributed by atoms with Gasteiger partial charge >= 0.3 is 0 Å². The molecule has 2 rings (SSSR count). The van der Waals surface area contributed by atoms with Crippen molar-refractivity contribution in [2.75, 3.05) is 19.5 Å². The molecule has 2 aromatic rings. The van der Waals surface area contributed by atoms with E-state index in [9.17, 15) is 0 Å². The fraction of sp³-hybridized carbons (Fsp3) is 0.294. The summed E-state index contributed by atoms with van der Waals surface area (Å²) in [6, 6.07) is 12.2. The van der Waals surface area contributed by atoms with E-state index in [4.69, 9.17) is 9.47 Å². The second kappa shape index (κ2) is 7.36. The zero-order valence-electron chi connectivity index (χ0n) is 12.6. The van der Waals surface area contributed by atoms with E-state index in [1.165, 1.54) is 5.56 Å². The summed E-state index contributed by atoms with van der Waals surface area (Å²) in [6.45, 7) is 2.86. The van der Waals surface area contributed by atoms with Crippen molar-refractivity contribution in [3.63, 3.8) is 0 Å². The number of benzene rings is 2. The first-order valence-electron chi connectivity index (χ1n) is 6.91. The Morgan fingerprint density at radius 2 is 1.81 bits per heavy atom. The zero-order chi connectivity index (χ0) is 15.2. The summed E-state index contributed by atoms with van der Waals surface area (Å²) in [5, 5.41) is 3.48. The van der Waals surface area contributed by atoms with Crippen LogP contribution in [-0.4, -0.2) is 14.2 Å². The van der Waals surface area contributed by atoms with E-state index in [1.807, 2.05) is 24.3 Å². The molecule has 0 aliphatic heterocycles. The minimum absolute atomic E-state index is 0.710. The van der Waals surface area contributed by atoms with Crippen LogP contribution in [0, 0.1) is 0 Å². The zero-order valence-corrected chi connectivity index (χ0v) is 14.2. The predicted octanol–water partition coefficient (Wildman–Crippen LogP) is 4.64. The monoisotopic (exact) mass is 349 g/mol. The highest BCUT2D eigenvalue weighted by molar-refractivity contribution is 9.10. The van der Waals surface area contributed by atoms with Gasteiger partial charge in [0.05, 0.1) is 14.2 Å². The van der Waals surface area contributed by atoms with Gasteiger partial charge in [0.15, 0.2) is 0 Å². The van der Waals surface area contributed by atoms with Gasteiger partial charge in [-0.15, -0.1) is 0 Å². The Morgan fingerprint density at radius 3 is 2.48 bits per heavy atom. The molecule has 0 unspecified atom stereocenters. The second-order valence-corrected chi connectivity index (χ2v) is 5.60. The average molecular weight is 350 g/mol. The van der Waals surface area contributed by atoms with Crippen LogP contribution in [0.5, 0.6) is 11.5 Å². The van der Waals surface area contributed by atoms with Crippen LogP contribution < -0.4 is 14.8 Å². The number of ether oxygens (including phenoxy) is 2. The van der Waals surface area contributed by atoms with Crippen LogP contribution in [0.25, 0.3) is 0 Å². The lowest BCUT2D eigenvalue weighted by Crippen LogP contribution is -2.04. The number of hydrogen-bond donors (Lipinski definition) is 1. The van der Waals surface area contributed by atoms with E-state index in [0.29, 0.717) is 6.54 Å². The topological polar surface area (TPSA) is 30.5 Å². The molecule has 4 heteroatoms. The Kier molecular flexibility index (Phi) is 5.51. The molecule has 21 heavy (non-hydrogen) atoms. The Hall–Kier alpha value is -1.68. The van der Waals surface area contributed by atoms with E-state index >= 15 is 0 Å². The minimum atomic E-state index is 0.710. The van der Waals surface area contributed by atoms with Crippen molar-refractivity contribution in [1.29, 1.82) is 0 Å². The molecule has 0 saturated heterocycles. The molecule has 0 spiro atoms. The highest BCUT2D eigenvalue weighted by Crippen LogP contribution is 2.27. The largest absolute Gasteiger partial charge is 0.497 e. The highest BCUT2D eigenvalue weighted by Gasteiger charge is 2.06. The first-order chi connectivity index (χ1) is 10.2. The summed E-state index contributed by atoms with van der Waals surface area (Å²) < 4.78 is 11.7. The molecule has 0 saturated carbocycles. The molecular weight excluding hydrogens is 330 g/mol. The van der Waals surface area contributed by atoms with E-state index in [2.05, 4.69) is 40.3 Å². The van der Waals surface area contributed by atoms with Gasteiger partial charge in [0.1, 0.15) is 11.5 Å². The van der Waals surface area contributed by atoms with E-state index in [0.717, 1.165) is 33.6 Å². The number of methoxy groups -OCH3 is 2. The molecule has 0 fully saturated rings. The Bertz CT molecular complexity index is 614. The lowest BCUT2D eigenvalue weighted by Gasteiger charge is -2.14. The predicted molar refractivity (Wildman–Crippen MR) is 90.4 cm³/mol. The number of rotatable bonds is 6. The Labute approximate surface area is 134 Å². The van der Waals surface area contributed by atoms with Crippen LogP contribution in [0.3, 0.4) is 0 Å². The lowest BCUT2D eigenvalue weighted by atomic mass is 10.1. The van der Waals surface area contributed by atoms with Gasteiger partial charge < -0.3 is 14.8 Å². The van der Waals surface area contributed by atoms with Gasteiger partial charge in [-0.1, -0.05) is 22.9 Å². The van der Waals surface area contributed by atoms with Crippen molar-refractivity contribution < 1.29 is 9.47 Å². The van der Waals surface area contributed by atoms with E-state index < -0.39 is 0 Å². The van der Waals surface area contributed by atoms with E-state index in [-0.39, 0.29) is 0 Å². The molecule has 2 aromatic carbocycles. The highest BCUT2D eigenvalue weighted by atomic mass is 79.9. The summed E-state index contributed by atoms with van der Waals surface area (Å²) in [5.41, 5.74) is 3.54. The van der Waals surface area contributed by atoms with Crippen molar-refractivity contribution in [3.8, 4) is 11.5 Å². The van der Waals surface area contributed by atoms with Crippen molar-refractivity contribution >= 4 is 21.6 Å². The van der Waals surface area contributed by atoms with Crippen LogP contribution in [0.4, 0.5) is 5.69 Å². The van der Waals surface area contributed by atoms with Gasteiger partial charge in [0.25, 0.3) is 0 Å². The van der Waals surface area contributed by atoms with Gasteiger partial charge in [-0.2, -0.15) is 0 Å². The third-order valence-electron chi connectivity index (χ3n) is 3.41. The number of nitrogens with one attached hydrogen (secondary N) is 1. The Morgan fingerprint density at radius 1 is 1.00 bits per heavy atom. The fourth-order valence-corrected chi connectivity index (χ4v) is 2.62. The first kappa shape index (κ1) is 15.7. The van der Waals surface area contributed by atoms with Crippen LogP contribution in [0.1, 0.15) is 18.1 Å². The molecule has 3 nitrogen and oxygen atoms in total. The van der Waals surface area contributed by atoms with Crippen molar-refractivity contribution in [1.82, 2.24) is 0 Å². The normalized spacial score (nSPS) is 10.3. The summed E-state index contributed by atoms with van der Waals surface area (Å²) in [4.78, 5) is 0. The quantitative estimate of drug-likeness (QED) is 0.823. The van der Waals surface area contributed by atoms with Crippen molar-refractivity contribution in [2.24, 2.45) is 0 Å². The Balaban J connectivity index is 2.16. The third kappa shape index (κ3) is 3.91. The number of aryl methyl sites for hydroxylation is 1.